The SMILES string of the molecule is CC(=O)N[C@H]1CCN(c2nc(Nc3ccc(F)c(N)c3)nc3ccccc23)C1. The molecular formula is C20H21FN6O. The molecule has 3 aromatic rings. The Morgan fingerprint density at radius 2 is 2.07 bits per heavy atom. The number of anilines is 4. The number of benzene rings is 2. The van der Waals surface area contributed by atoms with Gasteiger partial charge in [-0.2, -0.15) is 4.98 Å². The second-order valence-electron chi connectivity index (χ2n) is 6.88. The van der Waals surface area contributed by atoms with Crippen molar-refractivity contribution in [1.29, 1.82) is 0 Å². The van der Waals surface area contributed by atoms with Gasteiger partial charge in [0.1, 0.15) is 11.6 Å². The molecule has 1 atom stereocenters. The van der Waals surface area contributed by atoms with Crippen molar-refractivity contribution < 1.29 is 9.18 Å². The molecule has 1 fully saturated rings. The van der Waals surface area contributed by atoms with Crippen LogP contribution in [0.4, 0.5) is 27.5 Å². The average molecular weight is 380 g/mol. The number of hydrogen-bond acceptors (Lipinski definition) is 6. The number of hydrogen-bond donors (Lipinski definition) is 3. The number of nitrogens with one attached hydrogen (secondary N) is 2. The number of carbonyl (C=O) groups excluding carboxylic acids is 1. The van der Waals surface area contributed by atoms with Crippen LogP contribution < -0.4 is 21.3 Å². The van der Waals surface area contributed by atoms with Crippen molar-refractivity contribution in [2.45, 2.75) is 19.4 Å². The number of halogens is 1. The summed E-state index contributed by atoms with van der Waals surface area (Å²) in [6.07, 6.45) is 0.856. The minimum atomic E-state index is -0.466. The van der Waals surface area contributed by atoms with E-state index in [9.17, 15) is 9.18 Å². The van der Waals surface area contributed by atoms with Crippen LogP contribution in [-0.4, -0.2) is 35.0 Å². The Bertz CT molecular complexity index is 1040. The molecule has 0 spiro atoms. The monoisotopic (exact) mass is 380 g/mol. The van der Waals surface area contributed by atoms with Crippen molar-refractivity contribution in [3.05, 3.63) is 48.3 Å². The lowest BCUT2D eigenvalue weighted by Gasteiger charge is -2.20. The van der Waals surface area contributed by atoms with Gasteiger partial charge in [0.15, 0.2) is 0 Å². The minimum absolute atomic E-state index is 0.0318. The van der Waals surface area contributed by atoms with Gasteiger partial charge in [0.25, 0.3) is 0 Å². The first-order chi connectivity index (χ1) is 13.5. The maximum atomic E-state index is 13.4. The van der Waals surface area contributed by atoms with Gasteiger partial charge in [-0.25, -0.2) is 9.37 Å². The molecule has 1 aliphatic heterocycles. The zero-order valence-corrected chi connectivity index (χ0v) is 15.4. The second-order valence-corrected chi connectivity index (χ2v) is 6.88. The Balaban J connectivity index is 1.67. The molecule has 1 saturated heterocycles. The number of nitrogen functional groups attached to an aromatic ring is 1. The van der Waals surface area contributed by atoms with E-state index in [0.717, 1.165) is 29.7 Å². The standard InChI is InChI=1S/C20H21FN6O/c1-12(28)23-14-8-9-27(11-14)19-15-4-2-3-5-18(15)25-20(26-19)24-13-6-7-16(21)17(22)10-13/h2-7,10,14H,8-9,11,22H2,1H3,(H,23,28)(H,24,25,26)/t14-/m0/s1. The maximum absolute atomic E-state index is 13.4. The van der Waals surface area contributed by atoms with E-state index in [1.807, 2.05) is 24.3 Å². The molecule has 7 nitrogen and oxygen atoms in total. The lowest BCUT2D eigenvalue weighted by atomic mass is 10.2. The summed E-state index contributed by atoms with van der Waals surface area (Å²) in [5.74, 6) is 0.709. The third-order valence-electron chi connectivity index (χ3n) is 4.73. The molecule has 0 aliphatic carbocycles. The Morgan fingerprint density at radius 1 is 1.25 bits per heavy atom. The van der Waals surface area contributed by atoms with E-state index < -0.39 is 5.82 Å². The van der Waals surface area contributed by atoms with Gasteiger partial charge in [0.2, 0.25) is 11.9 Å². The molecule has 1 aromatic heterocycles. The summed E-state index contributed by atoms with van der Waals surface area (Å²) in [5, 5.41) is 7.01. The average Bonchev–Trinajstić information content (AvgIpc) is 3.11. The number of nitrogens with two attached hydrogens (primary N) is 1. The highest BCUT2D eigenvalue weighted by Gasteiger charge is 2.26. The van der Waals surface area contributed by atoms with Crippen LogP contribution in [0.25, 0.3) is 10.9 Å². The van der Waals surface area contributed by atoms with Gasteiger partial charge >= 0.3 is 0 Å². The number of nitrogens with zero attached hydrogens (tertiary/aromatic N) is 3. The second kappa shape index (κ2) is 7.30. The molecule has 4 N–H and O–H groups in total. The predicted octanol–water partition coefficient (Wildman–Crippen LogP) is 2.81. The first-order valence-electron chi connectivity index (χ1n) is 9.10. The molecule has 8 heteroatoms. The third-order valence-corrected chi connectivity index (χ3v) is 4.73. The molecule has 0 bridgehead atoms. The lowest BCUT2D eigenvalue weighted by Crippen LogP contribution is -2.35. The predicted molar refractivity (Wildman–Crippen MR) is 108 cm³/mol. The minimum Gasteiger partial charge on any atom is -0.396 e. The van der Waals surface area contributed by atoms with Crippen LogP contribution in [0, 0.1) is 5.82 Å². The van der Waals surface area contributed by atoms with Crippen LogP contribution in [0.1, 0.15) is 13.3 Å². The zero-order valence-electron chi connectivity index (χ0n) is 15.4. The molecule has 2 aromatic carbocycles. The summed E-state index contributed by atoms with van der Waals surface area (Å²) >= 11 is 0. The molecule has 4 rings (SSSR count). The van der Waals surface area contributed by atoms with E-state index in [-0.39, 0.29) is 17.6 Å². The van der Waals surface area contributed by atoms with Crippen molar-refractivity contribution >= 4 is 40.0 Å². The molecular weight excluding hydrogens is 359 g/mol. The quantitative estimate of drug-likeness (QED) is 0.603. The van der Waals surface area contributed by atoms with Crippen LogP contribution >= 0.6 is 0 Å². The summed E-state index contributed by atoms with van der Waals surface area (Å²) in [6.45, 7) is 3.00. The summed E-state index contributed by atoms with van der Waals surface area (Å²) in [6, 6.07) is 12.3. The van der Waals surface area contributed by atoms with Gasteiger partial charge in [-0.1, -0.05) is 12.1 Å². The van der Waals surface area contributed by atoms with Crippen molar-refractivity contribution in [2.75, 3.05) is 29.0 Å². The highest BCUT2D eigenvalue weighted by molar-refractivity contribution is 5.91. The summed E-state index contributed by atoms with van der Waals surface area (Å²) in [5.41, 5.74) is 7.12. The van der Waals surface area contributed by atoms with Gasteiger partial charge in [0, 0.05) is 37.1 Å². The van der Waals surface area contributed by atoms with E-state index >= 15 is 0 Å². The fourth-order valence-corrected chi connectivity index (χ4v) is 3.47. The number of aromatic nitrogens is 2. The number of para-hydroxylation sites is 1. The van der Waals surface area contributed by atoms with Crippen molar-refractivity contribution in [3.8, 4) is 0 Å². The van der Waals surface area contributed by atoms with Gasteiger partial charge < -0.3 is 21.3 Å². The molecule has 0 radical (unpaired) electrons. The zero-order chi connectivity index (χ0) is 19.7. The molecule has 0 saturated carbocycles. The van der Waals surface area contributed by atoms with E-state index in [0.29, 0.717) is 18.2 Å². The summed E-state index contributed by atoms with van der Waals surface area (Å²) in [7, 11) is 0. The van der Waals surface area contributed by atoms with Crippen LogP contribution in [-0.2, 0) is 4.79 Å². The Kier molecular flexibility index (Phi) is 4.68. The highest BCUT2D eigenvalue weighted by Crippen LogP contribution is 2.29. The van der Waals surface area contributed by atoms with Crippen molar-refractivity contribution in [1.82, 2.24) is 15.3 Å². The summed E-state index contributed by atoms with van der Waals surface area (Å²) < 4.78 is 13.4. The fourth-order valence-electron chi connectivity index (χ4n) is 3.47. The highest BCUT2D eigenvalue weighted by atomic mass is 19.1. The van der Waals surface area contributed by atoms with E-state index in [1.165, 1.54) is 19.1 Å². The van der Waals surface area contributed by atoms with Crippen molar-refractivity contribution in [2.24, 2.45) is 0 Å². The first-order valence-corrected chi connectivity index (χ1v) is 9.10. The number of fused-ring (bicyclic) bond motifs is 1. The Hall–Kier alpha value is -3.42. The van der Waals surface area contributed by atoms with Crippen LogP contribution in [0.5, 0.6) is 0 Å². The third kappa shape index (κ3) is 3.66. The van der Waals surface area contributed by atoms with Crippen LogP contribution in [0.3, 0.4) is 0 Å². The number of carbonyl (C=O) groups is 1. The molecule has 28 heavy (non-hydrogen) atoms. The van der Waals surface area contributed by atoms with Crippen molar-refractivity contribution in [3.63, 3.8) is 0 Å². The van der Waals surface area contributed by atoms with Crippen LogP contribution in [0.15, 0.2) is 42.5 Å². The van der Waals surface area contributed by atoms with Gasteiger partial charge in [-0.3, -0.25) is 4.79 Å². The van der Waals surface area contributed by atoms with E-state index in [2.05, 4.69) is 20.5 Å². The first kappa shape index (κ1) is 18.0. The topological polar surface area (TPSA) is 96.2 Å². The Labute approximate surface area is 161 Å². The number of amides is 1. The molecule has 0 unspecified atom stereocenters. The molecule has 2 heterocycles. The lowest BCUT2D eigenvalue weighted by molar-refractivity contribution is -0.119. The normalized spacial score (nSPS) is 16.4. The molecule has 144 valence electrons. The van der Waals surface area contributed by atoms with Gasteiger partial charge in [-0.05, 0) is 36.8 Å². The smallest absolute Gasteiger partial charge is 0.229 e. The molecule has 1 aliphatic rings. The van der Waals surface area contributed by atoms with Gasteiger partial charge in [0.05, 0.1) is 11.2 Å². The Morgan fingerprint density at radius 3 is 2.86 bits per heavy atom. The summed E-state index contributed by atoms with van der Waals surface area (Å²) in [4.78, 5) is 22.8. The van der Waals surface area contributed by atoms with Crippen LogP contribution in [0.2, 0.25) is 0 Å². The largest absolute Gasteiger partial charge is 0.396 e. The number of rotatable bonds is 4. The van der Waals surface area contributed by atoms with Gasteiger partial charge in [-0.15, -0.1) is 0 Å². The molecule has 1 amide bonds. The van der Waals surface area contributed by atoms with E-state index in [1.54, 1.807) is 6.07 Å². The van der Waals surface area contributed by atoms with E-state index in [4.69, 9.17) is 10.7 Å². The fraction of sp³-hybridized carbons (Fsp3) is 0.250. The maximum Gasteiger partial charge on any atom is 0.229 e.